The Kier molecular flexibility index (Phi) is 7.71. The van der Waals surface area contributed by atoms with Gasteiger partial charge in [0.15, 0.2) is 5.16 Å². The van der Waals surface area contributed by atoms with Crippen molar-refractivity contribution in [2.45, 2.75) is 25.4 Å². The van der Waals surface area contributed by atoms with E-state index in [2.05, 4.69) is 26.7 Å². The van der Waals surface area contributed by atoms with E-state index in [-0.39, 0.29) is 18.3 Å². The van der Waals surface area contributed by atoms with Gasteiger partial charge in [0.2, 0.25) is 5.91 Å². The number of aryl methyl sites for hydroxylation is 2. The number of rotatable bonds is 5. The van der Waals surface area contributed by atoms with Crippen molar-refractivity contribution in [2.24, 2.45) is 0 Å². The van der Waals surface area contributed by atoms with Gasteiger partial charge in [0.25, 0.3) is 0 Å². The summed E-state index contributed by atoms with van der Waals surface area (Å²) in [6, 6.07) is 1.92. The van der Waals surface area contributed by atoms with Gasteiger partial charge in [-0.15, -0.1) is 12.4 Å². The summed E-state index contributed by atoms with van der Waals surface area (Å²) in [5, 5.41) is 6.86. The van der Waals surface area contributed by atoms with Crippen LogP contribution in [0.2, 0.25) is 0 Å². The standard InChI is InChI=1S/C14H20N4OS.ClH/c1-10-7-11(2)18-14(17-10)20-9-13(19)16-8-12-3-5-15-6-4-12;/h3,7,15H,4-6,8-9H2,1-2H3,(H,16,19);1H. The summed E-state index contributed by atoms with van der Waals surface area (Å²) < 4.78 is 0. The maximum atomic E-state index is 11.8. The van der Waals surface area contributed by atoms with Crippen LogP contribution in [0.5, 0.6) is 0 Å². The predicted molar refractivity (Wildman–Crippen MR) is 88.1 cm³/mol. The Morgan fingerprint density at radius 3 is 2.71 bits per heavy atom. The lowest BCUT2D eigenvalue weighted by atomic mass is 10.1. The van der Waals surface area contributed by atoms with Gasteiger partial charge in [0, 0.05) is 24.5 Å². The Bertz CT molecular complexity index is 501. The Labute approximate surface area is 135 Å². The highest BCUT2D eigenvalue weighted by Crippen LogP contribution is 2.13. The fourth-order valence-corrected chi connectivity index (χ4v) is 2.76. The Morgan fingerprint density at radius 2 is 2.10 bits per heavy atom. The molecule has 116 valence electrons. The molecule has 1 aromatic heterocycles. The molecule has 1 aromatic rings. The zero-order valence-corrected chi connectivity index (χ0v) is 13.9. The summed E-state index contributed by atoms with van der Waals surface area (Å²) in [6.07, 6.45) is 3.15. The molecule has 0 bridgehead atoms. The fraction of sp³-hybridized carbons (Fsp3) is 0.500. The Morgan fingerprint density at radius 1 is 1.38 bits per heavy atom. The van der Waals surface area contributed by atoms with Crippen LogP contribution in [0.4, 0.5) is 0 Å². The predicted octanol–water partition coefficient (Wildman–Crippen LogP) is 1.64. The number of hydrogen-bond acceptors (Lipinski definition) is 5. The van der Waals surface area contributed by atoms with Gasteiger partial charge in [0.05, 0.1) is 5.75 Å². The molecular formula is C14H21ClN4OS. The summed E-state index contributed by atoms with van der Waals surface area (Å²) in [5.74, 6) is 0.381. The zero-order chi connectivity index (χ0) is 14.4. The van der Waals surface area contributed by atoms with Crippen LogP contribution in [-0.2, 0) is 4.79 Å². The SMILES string of the molecule is Cc1cc(C)nc(SCC(=O)NCC2=CCNCC2)n1.Cl. The van der Waals surface area contributed by atoms with Crippen molar-refractivity contribution < 1.29 is 4.79 Å². The second-order valence-corrected chi connectivity index (χ2v) is 5.76. The minimum absolute atomic E-state index is 0. The molecule has 5 nitrogen and oxygen atoms in total. The highest BCUT2D eigenvalue weighted by atomic mass is 35.5. The van der Waals surface area contributed by atoms with Crippen LogP contribution in [0, 0.1) is 13.8 Å². The first kappa shape index (κ1) is 17.9. The molecule has 0 atom stereocenters. The second-order valence-electron chi connectivity index (χ2n) is 4.82. The van der Waals surface area contributed by atoms with E-state index in [0.29, 0.717) is 17.5 Å². The molecule has 0 saturated heterocycles. The summed E-state index contributed by atoms with van der Waals surface area (Å²) in [4.78, 5) is 20.4. The minimum atomic E-state index is 0. The average Bonchev–Trinajstić information content (AvgIpc) is 2.43. The number of nitrogens with zero attached hydrogens (tertiary/aromatic N) is 2. The highest BCUT2D eigenvalue weighted by molar-refractivity contribution is 7.99. The maximum absolute atomic E-state index is 11.8. The number of amides is 1. The molecule has 0 aliphatic carbocycles. The van der Waals surface area contributed by atoms with Crippen molar-refractivity contribution in [3.05, 3.63) is 29.1 Å². The van der Waals surface area contributed by atoms with E-state index in [9.17, 15) is 4.79 Å². The molecule has 0 radical (unpaired) electrons. The van der Waals surface area contributed by atoms with E-state index < -0.39 is 0 Å². The lowest BCUT2D eigenvalue weighted by Crippen LogP contribution is -2.30. The molecule has 1 aliphatic heterocycles. The maximum Gasteiger partial charge on any atom is 0.230 e. The van der Waals surface area contributed by atoms with E-state index in [1.165, 1.54) is 17.3 Å². The molecule has 1 amide bonds. The molecule has 0 fully saturated rings. The lowest BCUT2D eigenvalue weighted by molar-refractivity contribution is -0.118. The van der Waals surface area contributed by atoms with Crippen LogP contribution in [0.1, 0.15) is 17.8 Å². The van der Waals surface area contributed by atoms with Gasteiger partial charge in [-0.3, -0.25) is 4.79 Å². The van der Waals surface area contributed by atoms with Gasteiger partial charge in [-0.2, -0.15) is 0 Å². The summed E-state index contributed by atoms with van der Waals surface area (Å²) in [5.41, 5.74) is 3.16. The van der Waals surface area contributed by atoms with Crippen molar-refractivity contribution in [2.75, 3.05) is 25.4 Å². The first-order valence-corrected chi connectivity index (χ1v) is 7.72. The first-order valence-electron chi connectivity index (χ1n) is 6.74. The number of aromatic nitrogens is 2. The molecule has 2 N–H and O–H groups in total. The van der Waals surface area contributed by atoms with Crippen LogP contribution in [-0.4, -0.2) is 41.3 Å². The van der Waals surface area contributed by atoms with Crippen molar-refractivity contribution in [1.29, 1.82) is 0 Å². The molecule has 0 saturated carbocycles. The normalized spacial score (nSPS) is 14.1. The van der Waals surface area contributed by atoms with Crippen molar-refractivity contribution >= 4 is 30.1 Å². The van der Waals surface area contributed by atoms with Crippen LogP contribution in [0.15, 0.2) is 22.9 Å². The molecular weight excluding hydrogens is 308 g/mol. The molecule has 21 heavy (non-hydrogen) atoms. The quantitative estimate of drug-likeness (QED) is 0.488. The van der Waals surface area contributed by atoms with Gasteiger partial charge in [-0.05, 0) is 32.9 Å². The van der Waals surface area contributed by atoms with Crippen LogP contribution in [0.3, 0.4) is 0 Å². The Hall–Kier alpha value is -1.11. The van der Waals surface area contributed by atoms with Crippen LogP contribution >= 0.6 is 24.2 Å². The second kappa shape index (κ2) is 9.02. The first-order chi connectivity index (χ1) is 9.63. The van der Waals surface area contributed by atoms with Gasteiger partial charge in [-0.1, -0.05) is 23.4 Å². The monoisotopic (exact) mass is 328 g/mol. The molecule has 2 rings (SSSR count). The number of carbonyl (C=O) groups is 1. The number of carbonyl (C=O) groups excluding carboxylic acids is 1. The highest BCUT2D eigenvalue weighted by Gasteiger charge is 2.08. The molecule has 2 heterocycles. The average molecular weight is 329 g/mol. The molecule has 0 spiro atoms. The van der Waals surface area contributed by atoms with Gasteiger partial charge < -0.3 is 10.6 Å². The summed E-state index contributed by atoms with van der Waals surface area (Å²) >= 11 is 1.38. The smallest absolute Gasteiger partial charge is 0.230 e. The van der Waals surface area contributed by atoms with E-state index >= 15 is 0 Å². The zero-order valence-electron chi connectivity index (χ0n) is 12.3. The van der Waals surface area contributed by atoms with E-state index in [1.54, 1.807) is 0 Å². The van der Waals surface area contributed by atoms with E-state index in [1.807, 2.05) is 19.9 Å². The van der Waals surface area contributed by atoms with E-state index in [0.717, 1.165) is 30.9 Å². The van der Waals surface area contributed by atoms with Crippen molar-refractivity contribution in [3.63, 3.8) is 0 Å². The minimum Gasteiger partial charge on any atom is -0.352 e. The van der Waals surface area contributed by atoms with Gasteiger partial charge >= 0.3 is 0 Å². The van der Waals surface area contributed by atoms with Crippen LogP contribution in [0.25, 0.3) is 0 Å². The van der Waals surface area contributed by atoms with Gasteiger partial charge in [-0.25, -0.2) is 9.97 Å². The molecule has 7 heteroatoms. The number of halogens is 1. The number of hydrogen-bond donors (Lipinski definition) is 2. The largest absolute Gasteiger partial charge is 0.352 e. The third-order valence-electron chi connectivity index (χ3n) is 2.96. The third kappa shape index (κ3) is 6.46. The van der Waals surface area contributed by atoms with Crippen molar-refractivity contribution in [1.82, 2.24) is 20.6 Å². The van der Waals surface area contributed by atoms with E-state index in [4.69, 9.17) is 0 Å². The molecule has 0 unspecified atom stereocenters. The molecule has 1 aliphatic rings. The van der Waals surface area contributed by atoms with Gasteiger partial charge in [0.1, 0.15) is 0 Å². The topological polar surface area (TPSA) is 66.9 Å². The summed E-state index contributed by atoms with van der Waals surface area (Å²) in [7, 11) is 0. The van der Waals surface area contributed by atoms with Crippen molar-refractivity contribution in [3.8, 4) is 0 Å². The Balaban J connectivity index is 0.00000220. The fourth-order valence-electron chi connectivity index (χ4n) is 1.98. The summed E-state index contributed by atoms with van der Waals surface area (Å²) in [6.45, 7) is 6.41. The molecule has 0 aromatic carbocycles. The number of thioether (sulfide) groups is 1. The lowest BCUT2D eigenvalue weighted by Gasteiger charge is -2.14. The number of nitrogens with one attached hydrogen (secondary N) is 2. The van der Waals surface area contributed by atoms with Crippen LogP contribution < -0.4 is 10.6 Å². The third-order valence-corrected chi connectivity index (χ3v) is 3.81.